The number of nitrogens with zero attached hydrogens (tertiary/aromatic N) is 2. The third-order valence-electron chi connectivity index (χ3n) is 2.41. The van der Waals surface area contributed by atoms with Gasteiger partial charge in [0.2, 0.25) is 11.8 Å². The third-order valence-corrected chi connectivity index (χ3v) is 3.17. The van der Waals surface area contributed by atoms with E-state index in [9.17, 15) is 0 Å². The minimum Gasteiger partial charge on any atom is -0.421 e. The van der Waals surface area contributed by atoms with Gasteiger partial charge in [-0.3, -0.25) is 0 Å². The van der Waals surface area contributed by atoms with Crippen LogP contribution in [0.3, 0.4) is 0 Å². The summed E-state index contributed by atoms with van der Waals surface area (Å²) >= 11 is 9.05. The van der Waals surface area contributed by atoms with Gasteiger partial charge in [-0.25, -0.2) is 0 Å². The Balaban J connectivity index is 2.24. The van der Waals surface area contributed by atoms with Crippen LogP contribution in [0.25, 0.3) is 11.5 Å². The summed E-state index contributed by atoms with van der Waals surface area (Å²) in [5.74, 6) is 1.82. The molecule has 1 aromatic carbocycles. The van der Waals surface area contributed by atoms with E-state index in [1.165, 1.54) is 0 Å². The summed E-state index contributed by atoms with van der Waals surface area (Å²) in [5.41, 5.74) is 2.07. The van der Waals surface area contributed by atoms with Gasteiger partial charge in [0, 0.05) is 22.3 Å². The quantitative estimate of drug-likeness (QED) is 0.801. The molecular weight excluding hydrogens is 304 g/mol. The second-order valence-electron chi connectivity index (χ2n) is 3.75. The second kappa shape index (κ2) is 5.65. The van der Waals surface area contributed by atoms with Crippen LogP contribution in [0.15, 0.2) is 27.1 Å². The highest BCUT2D eigenvalue weighted by molar-refractivity contribution is 9.10. The van der Waals surface area contributed by atoms with Gasteiger partial charge in [0.15, 0.2) is 0 Å². The summed E-state index contributed by atoms with van der Waals surface area (Å²) in [5, 5.41) is 8.06. The number of halogens is 2. The highest BCUT2D eigenvalue weighted by Gasteiger charge is 2.10. The first kappa shape index (κ1) is 12.6. The van der Waals surface area contributed by atoms with Crippen LogP contribution < -0.4 is 0 Å². The minimum absolute atomic E-state index is 0.569. The second-order valence-corrected chi connectivity index (χ2v) is 5.05. The van der Waals surface area contributed by atoms with Gasteiger partial charge in [0.1, 0.15) is 0 Å². The Hall–Kier alpha value is -0.870. The molecule has 90 valence electrons. The van der Waals surface area contributed by atoms with Gasteiger partial charge in [-0.05, 0) is 37.1 Å². The Bertz CT molecular complexity index is 513. The molecule has 5 heteroatoms. The van der Waals surface area contributed by atoms with E-state index in [-0.39, 0.29) is 0 Å². The molecule has 0 saturated carbocycles. The first-order valence-electron chi connectivity index (χ1n) is 5.35. The third kappa shape index (κ3) is 3.07. The Morgan fingerprint density at radius 2 is 2.18 bits per heavy atom. The van der Waals surface area contributed by atoms with Crippen molar-refractivity contribution in [3.8, 4) is 11.5 Å². The molecule has 0 spiro atoms. The summed E-state index contributed by atoms with van der Waals surface area (Å²) in [6.45, 7) is 2.02. The van der Waals surface area contributed by atoms with Crippen molar-refractivity contribution in [1.82, 2.24) is 10.2 Å². The van der Waals surface area contributed by atoms with E-state index in [1.54, 1.807) is 0 Å². The molecule has 1 heterocycles. The monoisotopic (exact) mass is 314 g/mol. The number of rotatable bonds is 4. The number of hydrogen-bond donors (Lipinski definition) is 0. The lowest BCUT2D eigenvalue weighted by molar-refractivity contribution is 0.502. The van der Waals surface area contributed by atoms with E-state index in [0.29, 0.717) is 17.7 Å². The SMILES string of the molecule is Cc1cc(Br)ccc1-c1nnc(CCCCl)o1. The molecule has 2 rings (SSSR count). The normalized spacial score (nSPS) is 10.8. The largest absolute Gasteiger partial charge is 0.421 e. The van der Waals surface area contributed by atoms with Gasteiger partial charge in [0.25, 0.3) is 0 Å². The van der Waals surface area contributed by atoms with E-state index >= 15 is 0 Å². The fraction of sp³-hybridized carbons (Fsp3) is 0.333. The van der Waals surface area contributed by atoms with Crippen molar-refractivity contribution in [2.24, 2.45) is 0 Å². The molecule has 3 nitrogen and oxygen atoms in total. The summed E-state index contributed by atoms with van der Waals surface area (Å²) in [6, 6.07) is 5.96. The van der Waals surface area contributed by atoms with E-state index < -0.39 is 0 Å². The predicted molar refractivity (Wildman–Crippen MR) is 71.2 cm³/mol. The van der Waals surface area contributed by atoms with Crippen LogP contribution in [0.1, 0.15) is 17.9 Å². The molecule has 0 atom stereocenters. The smallest absolute Gasteiger partial charge is 0.247 e. The summed E-state index contributed by atoms with van der Waals surface area (Å²) in [7, 11) is 0. The Labute approximate surface area is 113 Å². The molecule has 0 aliphatic heterocycles. The molecule has 17 heavy (non-hydrogen) atoms. The molecule has 0 aliphatic rings. The van der Waals surface area contributed by atoms with Crippen LogP contribution in [-0.2, 0) is 6.42 Å². The lowest BCUT2D eigenvalue weighted by atomic mass is 10.1. The van der Waals surface area contributed by atoms with E-state index in [2.05, 4.69) is 26.1 Å². The molecule has 1 aromatic heterocycles. The lowest BCUT2D eigenvalue weighted by Gasteiger charge is -2.00. The Kier molecular flexibility index (Phi) is 4.18. The molecule has 0 aliphatic carbocycles. The van der Waals surface area contributed by atoms with Crippen LogP contribution in [-0.4, -0.2) is 16.1 Å². The summed E-state index contributed by atoms with van der Waals surface area (Å²) < 4.78 is 6.64. The summed E-state index contributed by atoms with van der Waals surface area (Å²) in [4.78, 5) is 0. The molecule has 2 aromatic rings. The zero-order chi connectivity index (χ0) is 12.3. The van der Waals surface area contributed by atoms with Gasteiger partial charge in [-0.1, -0.05) is 15.9 Å². The van der Waals surface area contributed by atoms with Crippen molar-refractivity contribution in [3.63, 3.8) is 0 Å². The average molecular weight is 316 g/mol. The highest BCUT2D eigenvalue weighted by Crippen LogP contribution is 2.25. The first-order chi connectivity index (χ1) is 8.20. The highest BCUT2D eigenvalue weighted by atomic mass is 79.9. The zero-order valence-corrected chi connectivity index (χ0v) is 11.8. The van der Waals surface area contributed by atoms with Gasteiger partial charge in [0.05, 0.1) is 0 Å². The molecule has 0 radical (unpaired) electrons. The van der Waals surface area contributed by atoms with Gasteiger partial charge < -0.3 is 4.42 Å². The van der Waals surface area contributed by atoms with Crippen molar-refractivity contribution in [2.75, 3.05) is 5.88 Å². The van der Waals surface area contributed by atoms with Crippen molar-refractivity contribution in [2.45, 2.75) is 19.8 Å². The predicted octanol–water partition coefficient (Wildman–Crippen LogP) is 3.98. The number of aromatic nitrogens is 2. The van der Waals surface area contributed by atoms with E-state index in [4.69, 9.17) is 16.0 Å². The average Bonchev–Trinajstić information content (AvgIpc) is 2.75. The van der Waals surface area contributed by atoms with Crippen LogP contribution >= 0.6 is 27.5 Å². The fourth-order valence-electron chi connectivity index (χ4n) is 1.55. The van der Waals surface area contributed by atoms with Gasteiger partial charge >= 0.3 is 0 Å². The van der Waals surface area contributed by atoms with Crippen LogP contribution in [0.2, 0.25) is 0 Å². The van der Waals surface area contributed by atoms with Gasteiger partial charge in [-0.15, -0.1) is 21.8 Å². The maximum atomic E-state index is 5.62. The standard InChI is InChI=1S/C12H12BrClN2O/c1-8-7-9(13)4-5-10(8)12-16-15-11(17-12)3-2-6-14/h4-5,7H,2-3,6H2,1H3. The Morgan fingerprint density at radius 3 is 2.88 bits per heavy atom. The molecule has 0 fully saturated rings. The van der Waals surface area contributed by atoms with Crippen LogP contribution in [0.5, 0.6) is 0 Å². The summed E-state index contributed by atoms with van der Waals surface area (Å²) in [6.07, 6.45) is 1.58. The van der Waals surface area contributed by atoms with Crippen molar-refractivity contribution < 1.29 is 4.42 Å². The fourth-order valence-corrected chi connectivity index (χ4v) is 2.16. The number of alkyl halides is 1. The number of hydrogen-bond acceptors (Lipinski definition) is 3. The van der Waals surface area contributed by atoms with Crippen LogP contribution in [0, 0.1) is 6.92 Å². The number of benzene rings is 1. The Morgan fingerprint density at radius 1 is 1.35 bits per heavy atom. The zero-order valence-electron chi connectivity index (χ0n) is 9.41. The van der Waals surface area contributed by atoms with E-state index in [1.807, 2.05) is 25.1 Å². The lowest BCUT2D eigenvalue weighted by Crippen LogP contribution is -1.85. The molecule has 0 amide bonds. The molecule has 0 saturated heterocycles. The maximum absolute atomic E-state index is 5.62. The number of aryl methyl sites for hydroxylation is 2. The van der Waals surface area contributed by atoms with Gasteiger partial charge in [-0.2, -0.15) is 0 Å². The minimum atomic E-state index is 0.569. The van der Waals surface area contributed by atoms with Crippen molar-refractivity contribution >= 4 is 27.5 Å². The van der Waals surface area contributed by atoms with Crippen molar-refractivity contribution in [1.29, 1.82) is 0 Å². The van der Waals surface area contributed by atoms with E-state index in [0.717, 1.165) is 28.4 Å². The molecular formula is C12H12BrClN2O. The first-order valence-corrected chi connectivity index (χ1v) is 6.68. The van der Waals surface area contributed by atoms with Crippen molar-refractivity contribution in [3.05, 3.63) is 34.1 Å². The maximum Gasteiger partial charge on any atom is 0.247 e. The topological polar surface area (TPSA) is 38.9 Å². The van der Waals surface area contributed by atoms with Crippen LogP contribution in [0.4, 0.5) is 0 Å². The molecule has 0 bridgehead atoms. The molecule has 0 unspecified atom stereocenters. The molecule has 0 N–H and O–H groups in total.